The van der Waals surface area contributed by atoms with Crippen molar-refractivity contribution in [2.75, 3.05) is 0 Å². The first-order valence-electron chi connectivity index (χ1n) is 4.83. The van der Waals surface area contributed by atoms with Crippen LogP contribution >= 0.6 is 0 Å². The summed E-state index contributed by atoms with van der Waals surface area (Å²) in [5.74, 6) is -3.52. The largest absolute Gasteiger partial charge is 0.481 e. The third kappa shape index (κ3) is 5.15. The Morgan fingerprint density at radius 2 is 1.80 bits per heavy atom. The van der Waals surface area contributed by atoms with Crippen molar-refractivity contribution in [1.29, 1.82) is 0 Å². The molecule has 15 heavy (non-hydrogen) atoms. The van der Waals surface area contributed by atoms with Gasteiger partial charge in [0.15, 0.2) is 5.78 Å². The highest BCUT2D eigenvalue weighted by Gasteiger charge is 2.25. The third-order valence-corrected chi connectivity index (χ3v) is 2.05. The van der Waals surface area contributed by atoms with Gasteiger partial charge in [-0.15, -0.1) is 0 Å². The molecule has 0 spiro atoms. The maximum atomic E-state index is 11.3. The van der Waals surface area contributed by atoms with Gasteiger partial charge < -0.3 is 9.84 Å². The second kappa shape index (κ2) is 6.16. The summed E-state index contributed by atoms with van der Waals surface area (Å²) in [5.41, 5.74) is 0. The van der Waals surface area contributed by atoms with E-state index in [-0.39, 0.29) is 6.10 Å². The fourth-order valence-corrected chi connectivity index (χ4v) is 0.817. The SMILES string of the molecule is CCC(C)OC(=O)C(C)C(=O)CC(=O)O. The van der Waals surface area contributed by atoms with Crippen LogP contribution in [0.25, 0.3) is 0 Å². The first kappa shape index (κ1) is 13.6. The van der Waals surface area contributed by atoms with Gasteiger partial charge in [-0.3, -0.25) is 14.4 Å². The molecule has 2 unspecified atom stereocenters. The third-order valence-electron chi connectivity index (χ3n) is 2.05. The van der Waals surface area contributed by atoms with Gasteiger partial charge in [0.05, 0.1) is 6.10 Å². The fourth-order valence-electron chi connectivity index (χ4n) is 0.817. The summed E-state index contributed by atoms with van der Waals surface area (Å²) >= 11 is 0. The number of aliphatic carboxylic acids is 1. The van der Waals surface area contributed by atoms with Crippen LogP contribution in [0.15, 0.2) is 0 Å². The van der Waals surface area contributed by atoms with Gasteiger partial charge in [-0.25, -0.2) is 0 Å². The molecule has 0 bridgehead atoms. The van der Waals surface area contributed by atoms with Crippen LogP contribution in [-0.4, -0.2) is 28.9 Å². The molecule has 0 saturated heterocycles. The first-order chi connectivity index (χ1) is 6.88. The number of carboxylic acids is 1. The summed E-state index contributed by atoms with van der Waals surface area (Å²) < 4.78 is 4.91. The average Bonchev–Trinajstić information content (AvgIpc) is 2.15. The molecule has 1 N–H and O–H groups in total. The molecule has 2 atom stereocenters. The quantitative estimate of drug-likeness (QED) is 0.529. The van der Waals surface area contributed by atoms with Gasteiger partial charge >= 0.3 is 11.9 Å². The second-order valence-electron chi connectivity index (χ2n) is 3.41. The van der Waals surface area contributed by atoms with Gasteiger partial charge in [-0.2, -0.15) is 0 Å². The highest BCUT2D eigenvalue weighted by Crippen LogP contribution is 2.07. The minimum Gasteiger partial charge on any atom is -0.481 e. The Hall–Kier alpha value is -1.39. The molecule has 5 heteroatoms. The predicted molar refractivity (Wildman–Crippen MR) is 52.3 cm³/mol. The topological polar surface area (TPSA) is 80.7 Å². The highest BCUT2D eigenvalue weighted by molar-refractivity contribution is 6.05. The van der Waals surface area contributed by atoms with Crippen molar-refractivity contribution in [3.05, 3.63) is 0 Å². The number of esters is 1. The molecule has 0 fully saturated rings. The number of carbonyl (C=O) groups excluding carboxylic acids is 2. The number of Topliss-reactive ketones (excluding diaryl/α,β-unsaturated/α-hetero) is 1. The maximum absolute atomic E-state index is 11.3. The van der Waals surface area contributed by atoms with E-state index in [0.717, 1.165) is 0 Å². The Labute approximate surface area is 88.4 Å². The van der Waals surface area contributed by atoms with E-state index in [4.69, 9.17) is 9.84 Å². The fraction of sp³-hybridized carbons (Fsp3) is 0.700. The molecular weight excluding hydrogens is 200 g/mol. The summed E-state index contributed by atoms with van der Waals surface area (Å²) in [6.07, 6.45) is -0.236. The van der Waals surface area contributed by atoms with E-state index < -0.39 is 30.1 Å². The van der Waals surface area contributed by atoms with Crippen molar-refractivity contribution < 1.29 is 24.2 Å². The number of ether oxygens (including phenoxy) is 1. The van der Waals surface area contributed by atoms with Gasteiger partial charge in [-0.1, -0.05) is 6.92 Å². The van der Waals surface area contributed by atoms with Crippen molar-refractivity contribution in [1.82, 2.24) is 0 Å². The first-order valence-corrected chi connectivity index (χ1v) is 4.83. The van der Waals surface area contributed by atoms with E-state index in [0.29, 0.717) is 6.42 Å². The second-order valence-corrected chi connectivity index (χ2v) is 3.41. The van der Waals surface area contributed by atoms with Crippen molar-refractivity contribution in [3.8, 4) is 0 Å². The van der Waals surface area contributed by atoms with Crippen LogP contribution in [0.1, 0.15) is 33.6 Å². The van der Waals surface area contributed by atoms with E-state index in [1.807, 2.05) is 6.92 Å². The van der Waals surface area contributed by atoms with Crippen LogP contribution in [-0.2, 0) is 19.1 Å². The number of carboxylic acid groups (broad SMARTS) is 1. The zero-order valence-corrected chi connectivity index (χ0v) is 9.15. The number of ketones is 1. The van der Waals surface area contributed by atoms with E-state index in [1.54, 1.807) is 6.92 Å². The lowest BCUT2D eigenvalue weighted by molar-refractivity contribution is -0.156. The lowest BCUT2D eigenvalue weighted by Gasteiger charge is -2.14. The molecule has 0 amide bonds. The Morgan fingerprint density at radius 1 is 1.27 bits per heavy atom. The zero-order valence-electron chi connectivity index (χ0n) is 9.15. The lowest BCUT2D eigenvalue weighted by atomic mass is 10.0. The number of rotatable bonds is 6. The molecule has 0 saturated carbocycles. The Bertz CT molecular complexity index is 259. The maximum Gasteiger partial charge on any atom is 0.316 e. The summed E-state index contributed by atoms with van der Waals surface area (Å²) in [4.78, 5) is 32.7. The van der Waals surface area contributed by atoms with Crippen molar-refractivity contribution in [2.45, 2.75) is 39.7 Å². The van der Waals surface area contributed by atoms with Crippen molar-refractivity contribution in [3.63, 3.8) is 0 Å². The highest BCUT2D eigenvalue weighted by atomic mass is 16.5. The van der Waals surface area contributed by atoms with Crippen LogP contribution in [0.2, 0.25) is 0 Å². The predicted octanol–water partition coefficient (Wildman–Crippen LogP) is 1.01. The Morgan fingerprint density at radius 3 is 2.20 bits per heavy atom. The molecule has 0 aromatic carbocycles. The van der Waals surface area contributed by atoms with E-state index in [2.05, 4.69) is 0 Å². The minimum atomic E-state index is -1.23. The van der Waals surface area contributed by atoms with Crippen LogP contribution in [0.3, 0.4) is 0 Å². The number of hydrogen-bond donors (Lipinski definition) is 1. The molecule has 0 radical (unpaired) electrons. The molecule has 0 rings (SSSR count). The van der Waals surface area contributed by atoms with Crippen molar-refractivity contribution in [2.24, 2.45) is 5.92 Å². The van der Waals surface area contributed by atoms with E-state index in [9.17, 15) is 14.4 Å². The van der Waals surface area contributed by atoms with Gasteiger partial charge in [0.1, 0.15) is 12.3 Å². The molecule has 0 aromatic rings. The van der Waals surface area contributed by atoms with E-state index in [1.165, 1.54) is 6.92 Å². The van der Waals surface area contributed by atoms with Gasteiger partial charge in [0.25, 0.3) is 0 Å². The zero-order chi connectivity index (χ0) is 12.0. The lowest BCUT2D eigenvalue weighted by Crippen LogP contribution is -2.27. The van der Waals surface area contributed by atoms with Crippen LogP contribution in [0.4, 0.5) is 0 Å². The summed E-state index contributed by atoms with van der Waals surface area (Å²) in [7, 11) is 0. The van der Waals surface area contributed by atoms with Crippen LogP contribution < -0.4 is 0 Å². The molecule has 86 valence electrons. The summed E-state index contributed by atoms with van der Waals surface area (Å²) in [6, 6.07) is 0. The Kier molecular flexibility index (Phi) is 5.59. The van der Waals surface area contributed by atoms with Crippen molar-refractivity contribution >= 4 is 17.7 Å². The molecule has 0 heterocycles. The summed E-state index contributed by atoms with van der Waals surface area (Å²) in [6.45, 7) is 4.92. The van der Waals surface area contributed by atoms with Crippen LogP contribution in [0, 0.1) is 5.92 Å². The van der Waals surface area contributed by atoms with E-state index >= 15 is 0 Å². The smallest absolute Gasteiger partial charge is 0.316 e. The standard InChI is InChI=1S/C10H16O5/c1-4-6(2)15-10(14)7(3)8(11)5-9(12)13/h6-7H,4-5H2,1-3H3,(H,12,13). The number of hydrogen-bond acceptors (Lipinski definition) is 4. The Balaban J connectivity index is 4.19. The van der Waals surface area contributed by atoms with Gasteiger partial charge in [0.2, 0.25) is 0 Å². The minimum absolute atomic E-state index is 0.252. The molecular formula is C10H16O5. The summed E-state index contributed by atoms with van der Waals surface area (Å²) in [5, 5.41) is 8.37. The van der Waals surface area contributed by atoms with Crippen LogP contribution in [0.5, 0.6) is 0 Å². The molecule has 0 aromatic heterocycles. The number of carbonyl (C=O) groups is 3. The molecule has 5 nitrogen and oxygen atoms in total. The molecule has 0 aliphatic heterocycles. The normalized spacial score (nSPS) is 14.1. The molecule has 0 aliphatic rings. The van der Waals surface area contributed by atoms with Gasteiger partial charge in [-0.05, 0) is 20.3 Å². The average molecular weight is 216 g/mol. The monoisotopic (exact) mass is 216 g/mol. The van der Waals surface area contributed by atoms with Gasteiger partial charge in [0, 0.05) is 0 Å². The molecule has 0 aliphatic carbocycles.